The molecular formula is C19H23BrN2O3. The van der Waals surface area contributed by atoms with Gasteiger partial charge in [0.15, 0.2) is 0 Å². The van der Waals surface area contributed by atoms with E-state index in [1.54, 1.807) is 12.1 Å². The largest absolute Gasteiger partial charge is 0.453 e. The van der Waals surface area contributed by atoms with Crippen molar-refractivity contribution < 1.29 is 14.3 Å². The van der Waals surface area contributed by atoms with E-state index in [0.717, 1.165) is 19.3 Å². The van der Waals surface area contributed by atoms with Crippen LogP contribution in [0.15, 0.2) is 24.3 Å². The van der Waals surface area contributed by atoms with Crippen LogP contribution in [0, 0.1) is 17.3 Å². The van der Waals surface area contributed by atoms with Crippen molar-refractivity contribution in [3.63, 3.8) is 0 Å². The molecule has 0 unspecified atom stereocenters. The standard InChI is InChI=1S/C19H23BrN2O3/c1-25-17(24)22-15-4-2-3-14(6-15)21-16(23)18-7-12-5-13(8-18)10-19(20,9-12)11-18/h2-4,6,12-13H,5,7-11H2,1H3,(H,21,23)(H,22,24)/t12-,13-,18?,19?/m1/s1. The minimum atomic E-state index is -0.522. The third-order valence-electron chi connectivity index (χ3n) is 6.02. The van der Waals surface area contributed by atoms with Crippen LogP contribution >= 0.6 is 15.9 Å². The highest BCUT2D eigenvalue weighted by atomic mass is 79.9. The zero-order valence-electron chi connectivity index (χ0n) is 14.3. The van der Waals surface area contributed by atoms with E-state index in [0.29, 0.717) is 23.2 Å². The number of hydrogen-bond acceptors (Lipinski definition) is 3. The van der Waals surface area contributed by atoms with Crippen LogP contribution in [0.1, 0.15) is 38.5 Å². The Hall–Kier alpha value is -1.56. The van der Waals surface area contributed by atoms with Crippen LogP contribution in [-0.4, -0.2) is 23.4 Å². The number of halogens is 1. The minimum absolute atomic E-state index is 0.126. The first kappa shape index (κ1) is 16.9. The summed E-state index contributed by atoms with van der Waals surface area (Å²) in [6.07, 6.45) is 6.10. The molecule has 2 atom stereocenters. The van der Waals surface area contributed by atoms with E-state index >= 15 is 0 Å². The molecule has 0 saturated heterocycles. The van der Waals surface area contributed by atoms with Crippen molar-refractivity contribution in [1.82, 2.24) is 0 Å². The van der Waals surface area contributed by atoms with Crippen LogP contribution in [0.25, 0.3) is 0 Å². The van der Waals surface area contributed by atoms with Crippen LogP contribution in [0.3, 0.4) is 0 Å². The Morgan fingerprint density at radius 3 is 2.36 bits per heavy atom. The molecule has 0 radical (unpaired) electrons. The number of benzene rings is 1. The first-order chi connectivity index (χ1) is 11.9. The molecule has 25 heavy (non-hydrogen) atoms. The first-order valence-corrected chi connectivity index (χ1v) is 9.64. The number of ether oxygens (including phenoxy) is 1. The van der Waals surface area contributed by atoms with Gasteiger partial charge in [-0.3, -0.25) is 10.1 Å². The Kier molecular flexibility index (Phi) is 4.06. The summed E-state index contributed by atoms with van der Waals surface area (Å²) in [6, 6.07) is 7.20. The molecule has 5 rings (SSSR count). The topological polar surface area (TPSA) is 67.4 Å². The van der Waals surface area contributed by atoms with Crippen LogP contribution in [-0.2, 0) is 9.53 Å². The summed E-state index contributed by atoms with van der Waals surface area (Å²) < 4.78 is 4.76. The molecule has 4 aliphatic carbocycles. The maximum Gasteiger partial charge on any atom is 0.411 e. The van der Waals surface area contributed by atoms with Gasteiger partial charge in [0.1, 0.15) is 0 Å². The molecule has 1 aromatic rings. The second kappa shape index (κ2) is 6.01. The molecule has 6 heteroatoms. The van der Waals surface area contributed by atoms with Gasteiger partial charge in [-0.05, 0) is 68.6 Å². The molecule has 5 nitrogen and oxygen atoms in total. The zero-order valence-corrected chi connectivity index (χ0v) is 15.9. The van der Waals surface area contributed by atoms with Crippen molar-refractivity contribution in [2.24, 2.45) is 17.3 Å². The lowest BCUT2D eigenvalue weighted by Crippen LogP contribution is -2.57. The van der Waals surface area contributed by atoms with Crippen LogP contribution < -0.4 is 10.6 Å². The van der Waals surface area contributed by atoms with Gasteiger partial charge in [-0.2, -0.15) is 0 Å². The molecule has 1 aromatic carbocycles. The Bertz CT molecular complexity index is 706. The molecule has 0 aromatic heterocycles. The van der Waals surface area contributed by atoms with Gasteiger partial charge in [0.2, 0.25) is 5.91 Å². The number of carbonyl (C=O) groups excluding carboxylic acids is 2. The van der Waals surface area contributed by atoms with Gasteiger partial charge in [-0.25, -0.2) is 4.79 Å². The average Bonchev–Trinajstić information content (AvgIpc) is 2.52. The number of carbonyl (C=O) groups is 2. The summed E-state index contributed by atoms with van der Waals surface area (Å²) in [4.78, 5) is 24.5. The third-order valence-corrected chi connectivity index (χ3v) is 6.95. The van der Waals surface area contributed by atoms with E-state index in [1.807, 2.05) is 12.1 Å². The average molecular weight is 407 g/mol. The van der Waals surface area contributed by atoms with Crippen molar-refractivity contribution in [2.45, 2.75) is 42.8 Å². The van der Waals surface area contributed by atoms with Crippen molar-refractivity contribution >= 4 is 39.3 Å². The fraction of sp³-hybridized carbons (Fsp3) is 0.579. The molecule has 134 valence electrons. The van der Waals surface area contributed by atoms with E-state index < -0.39 is 6.09 Å². The molecule has 0 spiro atoms. The van der Waals surface area contributed by atoms with Gasteiger partial charge in [0.05, 0.1) is 12.5 Å². The quantitative estimate of drug-likeness (QED) is 0.724. The Morgan fingerprint density at radius 2 is 1.76 bits per heavy atom. The Labute approximate surface area is 156 Å². The Balaban J connectivity index is 1.51. The monoisotopic (exact) mass is 406 g/mol. The maximum absolute atomic E-state index is 13.2. The summed E-state index contributed by atoms with van der Waals surface area (Å²) in [6.45, 7) is 0. The number of hydrogen-bond donors (Lipinski definition) is 2. The summed E-state index contributed by atoms with van der Waals surface area (Å²) >= 11 is 3.95. The number of nitrogens with one attached hydrogen (secondary N) is 2. The summed E-state index contributed by atoms with van der Waals surface area (Å²) in [5.41, 5.74) is 1.06. The molecule has 0 aliphatic heterocycles. The van der Waals surface area contributed by atoms with E-state index in [-0.39, 0.29) is 15.6 Å². The third kappa shape index (κ3) is 3.16. The second-order valence-electron chi connectivity index (χ2n) is 8.04. The predicted octanol–water partition coefficient (Wildman–Crippen LogP) is 4.54. The Morgan fingerprint density at radius 1 is 1.12 bits per heavy atom. The highest BCUT2D eigenvalue weighted by Gasteiger charge is 2.59. The molecule has 4 bridgehead atoms. The number of rotatable bonds is 3. The van der Waals surface area contributed by atoms with Crippen molar-refractivity contribution in [1.29, 1.82) is 0 Å². The highest BCUT2D eigenvalue weighted by molar-refractivity contribution is 9.10. The number of anilines is 2. The smallest absolute Gasteiger partial charge is 0.411 e. The normalized spacial score (nSPS) is 35.3. The van der Waals surface area contributed by atoms with Crippen molar-refractivity contribution in [3.05, 3.63) is 24.3 Å². The molecule has 4 aliphatic rings. The molecular weight excluding hydrogens is 384 g/mol. The zero-order chi connectivity index (χ0) is 17.7. The second-order valence-corrected chi connectivity index (χ2v) is 9.73. The lowest BCUT2D eigenvalue weighted by Gasteiger charge is -2.59. The summed E-state index contributed by atoms with van der Waals surface area (Å²) in [7, 11) is 1.32. The SMILES string of the molecule is COC(=O)Nc1cccc(NC(=O)C23C[C@H]4C[C@@H](CC(Br)(C4)C2)C3)c1. The van der Waals surface area contributed by atoms with Gasteiger partial charge in [0, 0.05) is 15.7 Å². The van der Waals surface area contributed by atoms with E-state index in [4.69, 9.17) is 0 Å². The number of amides is 2. The van der Waals surface area contributed by atoms with Crippen molar-refractivity contribution in [2.75, 3.05) is 17.7 Å². The molecule has 0 heterocycles. The van der Waals surface area contributed by atoms with Gasteiger partial charge in [0.25, 0.3) is 0 Å². The molecule has 2 amide bonds. The van der Waals surface area contributed by atoms with Gasteiger partial charge >= 0.3 is 6.09 Å². The minimum Gasteiger partial charge on any atom is -0.453 e. The van der Waals surface area contributed by atoms with Gasteiger partial charge in [-0.1, -0.05) is 22.0 Å². The van der Waals surface area contributed by atoms with Crippen LogP contribution in [0.4, 0.5) is 16.2 Å². The molecule has 4 saturated carbocycles. The maximum atomic E-state index is 13.2. The highest BCUT2D eigenvalue weighted by Crippen LogP contribution is 2.64. The molecule has 2 N–H and O–H groups in total. The first-order valence-electron chi connectivity index (χ1n) is 8.85. The van der Waals surface area contributed by atoms with Gasteiger partial charge < -0.3 is 10.1 Å². The van der Waals surface area contributed by atoms with E-state index in [2.05, 4.69) is 31.3 Å². The van der Waals surface area contributed by atoms with Crippen LogP contribution in [0.2, 0.25) is 0 Å². The fourth-order valence-corrected chi connectivity index (χ4v) is 6.98. The summed E-state index contributed by atoms with van der Waals surface area (Å²) in [5.74, 6) is 1.46. The fourth-order valence-electron chi connectivity index (χ4n) is 5.52. The number of alkyl halides is 1. The lowest BCUT2D eigenvalue weighted by atomic mass is 9.49. The van der Waals surface area contributed by atoms with E-state index in [1.165, 1.54) is 26.4 Å². The van der Waals surface area contributed by atoms with Crippen molar-refractivity contribution in [3.8, 4) is 0 Å². The number of methoxy groups -OCH3 is 1. The van der Waals surface area contributed by atoms with E-state index in [9.17, 15) is 9.59 Å². The molecule has 4 fully saturated rings. The van der Waals surface area contributed by atoms with Crippen LogP contribution in [0.5, 0.6) is 0 Å². The summed E-state index contributed by atoms with van der Waals surface area (Å²) in [5, 5.41) is 5.72. The van der Waals surface area contributed by atoms with Gasteiger partial charge in [-0.15, -0.1) is 0 Å². The lowest BCUT2D eigenvalue weighted by molar-refractivity contribution is -0.138. The predicted molar refractivity (Wildman–Crippen MR) is 99.9 cm³/mol.